The highest BCUT2D eigenvalue weighted by molar-refractivity contribution is 7.59. The van der Waals surface area contributed by atoms with Crippen molar-refractivity contribution in [3.63, 3.8) is 0 Å². The predicted octanol–water partition coefficient (Wildman–Crippen LogP) is 7.06. The standard InChI is InChI=1S/C30H27O5P/c1-23(2)28(31)36-29(32-24-15-7-3-8-16-24)30(33-25-17-9-4-10-18-25,34-26-19-11-5-12-20-26)35-27-21-13-6-14-22-27/h3-22,29,36H,1H2,2H3. The normalized spacial score (nSPS) is 12.0. The number of hydrogen-bond acceptors (Lipinski definition) is 5. The van der Waals surface area contributed by atoms with Crippen molar-refractivity contribution in [3.05, 3.63) is 133 Å². The molecule has 0 aliphatic carbocycles. The Labute approximate surface area is 213 Å². The minimum atomic E-state index is -1.87. The Hall–Kier alpha value is -4.08. The van der Waals surface area contributed by atoms with Gasteiger partial charge in [-0.1, -0.05) is 79.4 Å². The van der Waals surface area contributed by atoms with Gasteiger partial charge in [-0.15, -0.1) is 0 Å². The molecule has 0 bridgehead atoms. The van der Waals surface area contributed by atoms with Gasteiger partial charge in [-0.05, 0) is 61.0 Å². The van der Waals surface area contributed by atoms with Gasteiger partial charge in [-0.2, -0.15) is 0 Å². The third-order valence-electron chi connectivity index (χ3n) is 4.98. The first kappa shape index (κ1) is 25.0. The average Bonchev–Trinajstić information content (AvgIpc) is 2.90. The van der Waals surface area contributed by atoms with Crippen molar-refractivity contribution in [1.29, 1.82) is 0 Å². The molecular formula is C30H27O5P. The Bertz CT molecular complexity index is 1150. The fourth-order valence-corrected chi connectivity index (χ4v) is 4.28. The summed E-state index contributed by atoms with van der Waals surface area (Å²) in [6.45, 7) is 5.50. The summed E-state index contributed by atoms with van der Waals surface area (Å²) in [7, 11) is -0.426. The maximum atomic E-state index is 13.0. The monoisotopic (exact) mass is 498 g/mol. The zero-order chi connectivity index (χ0) is 25.2. The van der Waals surface area contributed by atoms with E-state index in [4.69, 9.17) is 18.9 Å². The molecule has 5 nitrogen and oxygen atoms in total. The van der Waals surface area contributed by atoms with Crippen LogP contribution < -0.4 is 18.9 Å². The molecule has 0 amide bonds. The topological polar surface area (TPSA) is 54.0 Å². The van der Waals surface area contributed by atoms with Crippen LogP contribution in [0.2, 0.25) is 0 Å². The van der Waals surface area contributed by atoms with Crippen LogP contribution in [-0.2, 0) is 4.79 Å². The van der Waals surface area contributed by atoms with Crippen LogP contribution in [0.3, 0.4) is 0 Å². The van der Waals surface area contributed by atoms with E-state index >= 15 is 0 Å². The van der Waals surface area contributed by atoms with Crippen molar-refractivity contribution < 1.29 is 23.7 Å². The minimum absolute atomic E-state index is 0.176. The van der Waals surface area contributed by atoms with Crippen molar-refractivity contribution in [2.24, 2.45) is 0 Å². The van der Waals surface area contributed by atoms with Crippen LogP contribution in [0.25, 0.3) is 0 Å². The Balaban J connectivity index is 1.86. The molecule has 2 unspecified atom stereocenters. The van der Waals surface area contributed by atoms with E-state index in [0.717, 1.165) is 0 Å². The summed E-state index contributed by atoms with van der Waals surface area (Å²) in [5.74, 6) is -0.872. The van der Waals surface area contributed by atoms with Gasteiger partial charge in [0.1, 0.15) is 23.0 Å². The lowest BCUT2D eigenvalue weighted by Crippen LogP contribution is -2.58. The zero-order valence-corrected chi connectivity index (χ0v) is 20.9. The van der Waals surface area contributed by atoms with Crippen LogP contribution in [0.4, 0.5) is 0 Å². The van der Waals surface area contributed by atoms with Crippen molar-refractivity contribution in [1.82, 2.24) is 0 Å². The molecule has 0 radical (unpaired) electrons. The zero-order valence-electron chi connectivity index (χ0n) is 19.9. The first-order valence-electron chi connectivity index (χ1n) is 11.4. The van der Waals surface area contributed by atoms with E-state index in [1.165, 1.54) is 0 Å². The Morgan fingerprint density at radius 1 is 0.639 bits per heavy atom. The summed E-state index contributed by atoms with van der Waals surface area (Å²) in [5, 5.41) is 0. The van der Waals surface area contributed by atoms with Gasteiger partial charge in [0.2, 0.25) is 5.85 Å². The van der Waals surface area contributed by atoms with Crippen LogP contribution in [0.15, 0.2) is 133 Å². The van der Waals surface area contributed by atoms with Gasteiger partial charge in [0.15, 0.2) is 5.52 Å². The van der Waals surface area contributed by atoms with Crippen molar-refractivity contribution in [2.45, 2.75) is 18.7 Å². The smallest absolute Gasteiger partial charge is 0.461 e. The number of carbonyl (C=O) groups excluding carboxylic acids is 1. The molecular weight excluding hydrogens is 471 g/mol. The fourth-order valence-electron chi connectivity index (χ4n) is 3.25. The second-order valence-corrected chi connectivity index (χ2v) is 9.18. The van der Waals surface area contributed by atoms with Crippen LogP contribution >= 0.6 is 8.58 Å². The van der Waals surface area contributed by atoms with E-state index in [1.807, 2.05) is 72.8 Å². The highest BCUT2D eigenvalue weighted by Crippen LogP contribution is 2.39. The lowest BCUT2D eigenvalue weighted by Gasteiger charge is -2.38. The molecule has 0 heterocycles. The van der Waals surface area contributed by atoms with Crippen LogP contribution in [-0.4, -0.2) is 17.3 Å². The molecule has 2 atom stereocenters. The first-order valence-corrected chi connectivity index (χ1v) is 12.5. The van der Waals surface area contributed by atoms with Gasteiger partial charge in [0.05, 0.1) is 0 Å². The molecule has 0 N–H and O–H groups in total. The fraction of sp³-hybridized carbons (Fsp3) is 0.100. The van der Waals surface area contributed by atoms with E-state index in [2.05, 4.69) is 6.58 Å². The molecule has 0 saturated heterocycles. The highest BCUT2D eigenvalue weighted by Gasteiger charge is 2.51. The number of hydrogen-bond donors (Lipinski definition) is 0. The molecule has 4 rings (SSSR count). The van der Waals surface area contributed by atoms with Crippen LogP contribution in [0, 0.1) is 0 Å². The highest BCUT2D eigenvalue weighted by atomic mass is 31.1. The lowest BCUT2D eigenvalue weighted by atomic mass is 10.3. The molecule has 0 aromatic heterocycles. The summed E-state index contributed by atoms with van der Waals surface area (Å²) >= 11 is 0. The number of rotatable bonds is 12. The van der Waals surface area contributed by atoms with E-state index in [9.17, 15) is 4.79 Å². The molecule has 0 spiro atoms. The van der Waals surface area contributed by atoms with Gasteiger partial charge < -0.3 is 18.9 Å². The van der Waals surface area contributed by atoms with Gasteiger partial charge in [-0.25, -0.2) is 0 Å². The second kappa shape index (κ2) is 12.1. The van der Waals surface area contributed by atoms with Gasteiger partial charge in [0, 0.05) is 8.58 Å². The quantitative estimate of drug-likeness (QED) is 0.119. The summed E-state index contributed by atoms with van der Waals surface area (Å²) in [6, 6.07) is 36.7. The molecule has 182 valence electrons. The molecule has 6 heteroatoms. The second-order valence-electron chi connectivity index (χ2n) is 7.91. The van der Waals surface area contributed by atoms with Crippen molar-refractivity contribution in [2.75, 3.05) is 0 Å². The third-order valence-corrected chi connectivity index (χ3v) is 6.40. The van der Waals surface area contributed by atoms with Crippen molar-refractivity contribution in [3.8, 4) is 23.0 Å². The molecule has 4 aromatic carbocycles. The van der Waals surface area contributed by atoms with Crippen LogP contribution in [0.1, 0.15) is 6.92 Å². The van der Waals surface area contributed by atoms with Gasteiger partial charge in [0.25, 0.3) is 0 Å². The Morgan fingerprint density at radius 3 is 1.31 bits per heavy atom. The largest absolute Gasteiger partial charge is 0.473 e. The molecule has 0 aliphatic rings. The van der Waals surface area contributed by atoms with Gasteiger partial charge >= 0.3 is 5.97 Å². The Kier molecular flexibility index (Phi) is 8.38. The van der Waals surface area contributed by atoms with E-state index in [0.29, 0.717) is 28.6 Å². The number of para-hydroxylation sites is 4. The summed E-state index contributed by atoms with van der Waals surface area (Å²) in [6.07, 6.45) is 0. The number of benzene rings is 4. The van der Waals surface area contributed by atoms with Crippen LogP contribution in [0.5, 0.6) is 23.0 Å². The van der Waals surface area contributed by atoms with E-state index in [-0.39, 0.29) is 5.52 Å². The van der Waals surface area contributed by atoms with E-state index < -0.39 is 20.4 Å². The number of allylic oxidation sites excluding steroid dienone is 1. The maximum Gasteiger partial charge on any atom is 0.461 e. The molecule has 0 fully saturated rings. The lowest BCUT2D eigenvalue weighted by molar-refractivity contribution is -0.277. The summed E-state index contributed by atoms with van der Waals surface area (Å²) < 4.78 is 25.8. The molecule has 0 aliphatic heterocycles. The maximum absolute atomic E-state index is 13.0. The third kappa shape index (κ3) is 6.74. The average molecular weight is 499 g/mol. The van der Waals surface area contributed by atoms with Gasteiger partial charge in [-0.3, -0.25) is 4.79 Å². The van der Waals surface area contributed by atoms with E-state index in [1.54, 1.807) is 55.5 Å². The summed E-state index contributed by atoms with van der Waals surface area (Å²) in [5.41, 5.74) is 0.230. The molecule has 0 saturated carbocycles. The first-order chi connectivity index (χ1) is 17.5. The minimum Gasteiger partial charge on any atom is -0.473 e. The predicted molar refractivity (Wildman–Crippen MR) is 143 cm³/mol. The van der Waals surface area contributed by atoms with Crippen molar-refractivity contribution >= 4 is 14.1 Å². The summed E-state index contributed by atoms with van der Waals surface area (Å²) in [4.78, 5) is 13.0. The molecule has 4 aromatic rings. The number of ether oxygens (including phenoxy) is 4. The number of carbonyl (C=O) groups is 1. The molecule has 36 heavy (non-hydrogen) atoms. The Morgan fingerprint density at radius 2 is 0.972 bits per heavy atom. The SMILES string of the molecule is C=C(C)C(=O)PC(Oc1ccccc1)C(Oc1ccccc1)(Oc1ccccc1)Oc1ccccc1.